The molecule has 2 fully saturated rings. The summed E-state index contributed by atoms with van der Waals surface area (Å²) in [4.78, 5) is 23.5. The number of allylic oxidation sites excluding steroid dienone is 1. The summed E-state index contributed by atoms with van der Waals surface area (Å²) in [6.45, 7) is 13.7. The Hall–Kier alpha value is -4.72. The Bertz CT molecular complexity index is 1360. The molecule has 5 nitrogen and oxygen atoms in total. The molecule has 2 saturated carbocycles. The average molecular weight is 507 g/mol. The molecule has 0 radical (unpaired) electrons. The lowest BCUT2D eigenvalue weighted by atomic mass is 9.70. The van der Waals surface area contributed by atoms with Crippen LogP contribution in [0.3, 0.4) is 0 Å². The summed E-state index contributed by atoms with van der Waals surface area (Å²) in [5.41, 5.74) is 28.4. The number of esters is 2. The van der Waals surface area contributed by atoms with Crippen LogP contribution in [0.25, 0.3) is 0 Å². The van der Waals surface area contributed by atoms with Crippen molar-refractivity contribution in [1.82, 2.24) is 0 Å². The van der Waals surface area contributed by atoms with Gasteiger partial charge in [-0.3, -0.25) is 0 Å². The Morgan fingerprint density at radius 3 is 1.71 bits per heavy atom. The smallest absolute Gasteiger partial charge is 0.345 e. The number of hydrogen-bond acceptors (Lipinski definition) is 5. The lowest BCUT2D eigenvalue weighted by molar-refractivity contribution is -0.141. The van der Waals surface area contributed by atoms with Crippen LogP contribution in [-0.4, -0.2) is 18.0 Å². The van der Waals surface area contributed by atoms with Gasteiger partial charge in [-0.2, -0.15) is 0 Å². The summed E-state index contributed by atoms with van der Waals surface area (Å²) >= 11 is 0. The van der Waals surface area contributed by atoms with E-state index in [1.54, 1.807) is 0 Å². The van der Waals surface area contributed by atoms with Crippen LogP contribution in [-0.2, 0) is 23.8 Å². The summed E-state index contributed by atoms with van der Waals surface area (Å²) in [6.07, 6.45) is 9.60. The van der Waals surface area contributed by atoms with Crippen LogP contribution in [0.1, 0.15) is 51.4 Å². The number of rotatable bonds is 8. The first-order valence-electron chi connectivity index (χ1n) is 12.4. The fourth-order valence-corrected chi connectivity index (χ4v) is 4.61. The van der Waals surface area contributed by atoms with Crippen LogP contribution < -0.4 is 0 Å². The highest BCUT2D eigenvalue weighted by atomic mass is 16.7. The van der Waals surface area contributed by atoms with Gasteiger partial charge in [0.1, 0.15) is 6.10 Å². The standard InChI is InChI=1S/C33H30O5/c1-5-9-11-13-15-17-33(38-32(35)8-4)36-29-24-22-27(23-25-29)26-18-20-28(21-19-26)30(37-31(34)7-3)16-14-12-10-6-2/h7-8,26-29H,1-4,18-25H2. The summed E-state index contributed by atoms with van der Waals surface area (Å²) in [5.74, 6) is 0.447. The lowest BCUT2D eigenvalue weighted by Crippen LogP contribution is -2.29. The third kappa shape index (κ3) is 10.5. The van der Waals surface area contributed by atoms with Crippen LogP contribution in [0.5, 0.6) is 0 Å². The summed E-state index contributed by atoms with van der Waals surface area (Å²) in [7, 11) is 0. The Balaban J connectivity index is 2.01. The van der Waals surface area contributed by atoms with E-state index in [0.29, 0.717) is 17.6 Å². The molecule has 0 saturated heterocycles. The maximum Gasteiger partial charge on any atom is 0.345 e. The van der Waals surface area contributed by atoms with Gasteiger partial charge in [-0.05, 0) is 122 Å². The topological polar surface area (TPSA) is 61.8 Å². The molecule has 0 aromatic rings. The highest BCUT2D eigenvalue weighted by Crippen LogP contribution is 2.42. The van der Waals surface area contributed by atoms with Gasteiger partial charge in [0.25, 0.3) is 0 Å². The van der Waals surface area contributed by atoms with Gasteiger partial charge >= 0.3 is 17.9 Å². The first-order valence-corrected chi connectivity index (χ1v) is 12.4. The first-order chi connectivity index (χ1) is 18.5. The summed E-state index contributed by atoms with van der Waals surface area (Å²) in [6, 6.07) is 0. The SMILES string of the molecule is C=C=C=C=C=C=C=C(OC(=O)C=C)OC1CCC(C2CCC(C(=C=C=C=C=C=C)OC(=O)C=C)CC2)CC1. The summed E-state index contributed by atoms with van der Waals surface area (Å²) < 4.78 is 16.5. The second-order valence-corrected chi connectivity index (χ2v) is 8.65. The van der Waals surface area contributed by atoms with Crippen molar-refractivity contribution in [3.05, 3.63) is 113 Å². The maximum atomic E-state index is 11.8. The van der Waals surface area contributed by atoms with Gasteiger partial charge in [0, 0.05) is 23.8 Å². The van der Waals surface area contributed by atoms with Gasteiger partial charge in [-0.1, -0.05) is 24.6 Å². The number of carbonyl (C=O) groups is 2. The van der Waals surface area contributed by atoms with Crippen molar-refractivity contribution < 1.29 is 23.8 Å². The molecule has 0 aromatic heterocycles. The normalized spacial score (nSPS) is 20.8. The fourth-order valence-electron chi connectivity index (χ4n) is 4.61. The highest BCUT2D eigenvalue weighted by molar-refractivity contribution is 5.82. The van der Waals surface area contributed by atoms with Crippen molar-refractivity contribution >= 4 is 11.9 Å². The lowest BCUT2D eigenvalue weighted by Gasteiger charge is -2.37. The van der Waals surface area contributed by atoms with Crippen molar-refractivity contribution in [3.63, 3.8) is 0 Å². The Morgan fingerprint density at radius 2 is 1.13 bits per heavy atom. The van der Waals surface area contributed by atoms with E-state index in [4.69, 9.17) is 14.2 Å². The van der Waals surface area contributed by atoms with E-state index >= 15 is 0 Å². The molecule has 0 aromatic carbocycles. The van der Waals surface area contributed by atoms with E-state index < -0.39 is 11.9 Å². The van der Waals surface area contributed by atoms with E-state index in [1.165, 1.54) is 0 Å². The van der Waals surface area contributed by atoms with Crippen molar-refractivity contribution in [2.75, 3.05) is 0 Å². The molecule has 2 aliphatic rings. The highest BCUT2D eigenvalue weighted by Gasteiger charge is 2.33. The van der Waals surface area contributed by atoms with E-state index in [-0.39, 0.29) is 18.0 Å². The zero-order chi connectivity index (χ0) is 27.6. The monoisotopic (exact) mass is 506 g/mol. The van der Waals surface area contributed by atoms with E-state index in [2.05, 4.69) is 89.4 Å². The van der Waals surface area contributed by atoms with Gasteiger partial charge in [0.2, 0.25) is 0 Å². The molecule has 0 atom stereocenters. The third-order valence-electron chi connectivity index (χ3n) is 6.38. The molecular formula is C33H30O5. The molecule has 0 unspecified atom stereocenters. The van der Waals surface area contributed by atoms with Crippen molar-refractivity contribution in [2.45, 2.75) is 57.5 Å². The van der Waals surface area contributed by atoms with Crippen molar-refractivity contribution in [1.29, 1.82) is 0 Å². The minimum absolute atomic E-state index is 0.0785. The molecule has 0 N–H and O–H groups in total. The first kappa shape index (κ1) is 29.5. The minimum Gasteiger partial charge on any atom is -0.455 e. The maximum absolute atomic E-state index is 11.8. The molecule has 0 bridgehead atoms. The molecule has 5 heteroatoms. The molecule has 192 valence electrons. The van der Waals surface area contributed by atoms with Crippen LogP contribution in [0.2, 0.25) is 0 Å². The molecule has 38 heavy (non-hydrogen) atoms. The zero-order valence-electron chi connectivity index (χ0n) is 21.5. The Morgan fingerprint density at radius 1 is 0.632 bits per heavy atom. The van der Waals surface area contributed by atoms with Gasteiger partial charge in [-0.25, -0.2) is 9.59 Å². The van der Waals surface area contributed by atoms with Gasteiger partial charge < -0.3 is 14.2 Å². The number of hydrogen-bond donors (Lipinski definition) is 0. The Kier molecular flexibility index (Phi) is 13.1. The van der Waals surface area contributed by atoms with E-state index in [0.717, 1.165) is 63.5 Å². The fraction of sp³-hybridized carbons (Fsp3) is 0.364. The van der Waals surface area contributed by atoms with Gasteiger partial charge in [0.15, 0.2) is 5.76 Å². The van der Waals surface area contributed by atoms with E-state index in [9.17, 15) is 9.59 Å². The quantitative estimate of drug-likeness (QED) is 0.162. The number of carbonyl (C=O) groups excluding carboxylic acids is 2. The number of ether oxygens (including phenoxy) is 3. The molecule has 0 spiro atoms. The van der Waals surface area contributed by atoms with E-state index in [1.807, 2.05) is 0 Å². The van der Waals surface area contributed by atoms with Crippen molar-refractivity contribution in [3.8, 4) is 0 Å². The molecular weight excluding hydrogens is 476 g/mol. The second-order valence-electron chi connectivity index (χ2n) is 8.65. The summed E-state index contributed by atoms with van der Waals surface area (Å²) in [5, 5.41) is 0. The van der Waals surface area contributed by atoms with Gasteiger partial charge in [-0.15, -0.1) is 0 Å². The van der Waals surface area contributed by atoms with Crippen LogP contribution in [0.4, 0.5) is 0 Å². The van der Waals surface area contributed by atoms with Crippen LogP contribution in [0.15, 0.2) is 113 Å². The molecule has 2 rings (SSSR count). The molecule has 0 heterocycles. The predicted molar refractivity (Wildman–Crippen MR) is 142 cm³/mol. The van der Waals surface area contributed by atoms with Crippen molar-refractivity contribution in [2.24, 2.45) is 17.8 Å². The van der Waals surface area contributed by atoms with Crippen LogP contribution in [0, 0.1) is 17.8 Å². The molecule has 0 aliphatic heterocycles. The average Bonchev–Trinajstić information content (AvgIpc) is 2.94. The van der Waals surface area contributed by atoms with Crippen LogP contribution >= 0.6 is 0 Å². The zero-order valence-corrected chi connectivity index (χ0v) is 21.5. The second kappa shape index (κ2) is 16.9. The molecule has 2 aliphatic carbocycles. The Labute approximate surface area is 224 Å². The van der Waals surface area contributed by atoms with Gasteiger partial charge in [0.05, 0.1) is 0 Å². The third-order valence-corrected chi connectivity index (χ3v) is 6.38. The largest absolute Gasteiger partial charge is 0.455 e. The predicted octanol–water partition coefficient (Wildman–Crippen LogP) is 6.52. The minimum atomic E-state index is -0.643. The molecule has 0 amide bonds.